The number of rotatable bonds is 10. The molecule has 1 fully saturated rings. The topological polar surface area (TPSA) is 104 Å². The van der Waals surface area contributed by atoms with Crippen molar-refractivity contribution in [2.75, 3.05) is 19.0 Å². The van der Waals surface area contributed by atoms with E-state index in [1.54, 1.807) is 50.2 Å². The van der Waals surface area contributed by atoms with Gasteiger partial charge in [0.15, 0.2) is 0 Å². The van der Waals surface area contributed by atoms with Gasteiger partial charge in [-0.2, -0.15) is 4.98 Å². The molecule has 0 atom stereocenters. The summed E-state index contributed by atoms with van der Waals surface area (Å²) in [7, 11) is 1.26. The minimum atomic E-state index is -1.11. The number of methoxy groups -OCH3 is 1. The number of hydrogen-bond acceptors (Lipinski definition) is 7. The van der Waals surface area contributed by atoms with E-state index in [-0.39, 0.29) is 19.0 Å². The van der Waals surface area contributed by atoms with Crippen molar-refractivity contribution >= 4 is 29.2 Å². The lowest BCUT2D eigenvalue weighted by Crippen LogP contribution is -2.46. The molecule has 9 nitrogen and oxygen atoms in total. The fourth-order valence-electron chi connectivity index (χ4n) is 3.67. The molecule has 1 N–H and O–H groups in total. The Hall–Kier alpha value is -3.59. The van der Waals surface area contributed by atoms with Gasteiger partial charge in [0.2, 0.25) is 5.95 Å². The predicted octanol–water partition coefficient (Wildman–Crippen LogP) is 3.84. The van der Waals surface area contributed by atoms with Crippen LogP contribution in [0.3, 0.4) is 0 Å². The molecule has 36 heavy (non-hydrogen) atoms. The first-order valence-corrected chi connectivity index (χ1v) is 12.1. The van der Waals surface area contributed by atoms with Gasteiger partial charge in [-0.25, -0.2) is 14.2 Å². The lowest BCUT2D eigenvalue weighted by molar-refractivity contribution is -0.151. The molecular formula is C26H29ClN4O5. The number of benzene rings is 2. The van der Waals surface area contributed by atoms with Crippen LogP contribution in [0.15, 0.2) is 58.1 Å². The minimum Gasteiger partial charge on any atom is -0.493 e. The third-order valence-corrected chi connectivity index (χ3v) is 6.24. The number of ether oxygens (including phenoxy) is 2. The molecule has 0 aliphatic heterocycles. The highest BCUT2D eigenvalue weighted by atomic mass is 35.5. The zero-order chi connectivity index (χ0) is 25.9. The first-order chi connectivity index (χ1) is 17.2. The number of nitrogens with zero attached hydrogens (tertiary/aromatic N) is 3. The summed E-state index contributed by atoms with van der Waals surface area (Å²) >= 11 is 6.01. The first kappa shape index (κ1) is 25.5. The minimum absolute atomic E-state index is 0.0822. The number of carbonyl (C=O) groups excluding carboxylic acids is 1. The second kappa shape index (κ2) is 10.6. The summed E-state index contributed by atoms with van der Waals surface area (Å²) in [6.45, 7) is 3.86. The number of halogens is 1. The Labute approximate surface area is 213 Å². The summed E-state index contributed by atoms with van der Waals surface area (Å²) in [4.78, 5) is 42.8. The van der Waals surface area contributed by atoms with Crippen LogP contribution in [0.2, 0.25) is 5.02 Å². The SMILES string of the molecule is COC(=O)C(C)(C)Cn1c(=O)nc(Nc2ccc(OCC3CC3)cc2)n(Cc2ccc(Cl)cc2)c1=O. The van der Waals surface area contributed by atoms with Gasteiger partial charge in [0.1, 0.15) is 5.75 Å². The van der Waals surface area contributed by atoms with Crippen molar-refractivity contribution in [1.82, 2.24) is 14.1 Å². The Morgan fingerprint density at radius 3 is 2.36 bits per heavy atom. The largest absolute Gasteiger partial charge is 0.493 e. The molecule has 0 spiro atoms. The molecular weight excluding hydrogens is 484 g/mol. The molecule has 0 bridgehead atoms. The Kier molecular flexibility index (Phi) is 7.49. The predicted molar refractivity (Wildman–Crippen MR) is 137 cm³/mol. The van der Waals surface area contributed by atoms with Crippen LogP contribution in [0.4, 0.5) is 11.6 Å². The van der Waals surface area contributed by atoms with E-state index in [4.69, 9.17) is 21.1 Å². The molecule has 1 aliphatic rings. The zero-order valence-electron chi connectivity index (χ0n) is 20.5. The molecule has 1 aromatic heterocycles. The van der Waals surface area contributed by atoms with Crippen molar-refractivity contribution in [3.63, 3.8) is 0 Å². The highest BCUT2D eigenvalue weighted by Crippen LogP contribution is 2.30. The number of aromatic nitrogens is 3. The summed E-state index contributed by atoms with van der Waals surface area (Å²) in [6, 6.07) is 14.3. The van der Waals surface area contributed by atoms with Gasteiger partial charge in [0, 0.05) is 17.3 Å². The van der Waals surface area contributed by atoms with Crippen LogP contribution in [-0.4, -0.2) is 33.8 Å². The Bertz CT molecular complexity index is 1340. The summed E-state index contributed by atoms with van der Waals surface area (Å²) in [5.41, 5.74) is -1.06. The van der Waals surface area contributed by atoms with E-state index < -0.39 is 22.8 Å². The summed E-state index contributed by atoms with van der Waals surface area (Å²) in [6.07, 6.45) is 2.41. The van der Waals surface area contributed by atoms with Crippen LogP contribution < -0.4 is 21.4 Å². The van der Waals surface area contributed by atoms with Crippen LogP contribution in [-0.2, 0) is 22.6 Å². The van der Waals surface area contributed by atoms with Gasteiger partial charge in [-0.3, -0.25) is 9.36 Å². The molecule has 3 aromatic rings. The molecule has 0 saturated heterocycles. The monoisotopic (exact) mass is 512 g/mol. The Morgan fingerprint density at radius 1 is 1.08 bits per heavy atom. The molecule has 10 heteroatoms. The van der Waals surface area contributed by atoms with E-state index in [1.165, 1.54) is 24.5 Å². The van der Waals surface area contributed by atoms with Crippen molar-refractivity contribution in [2.45, 2.75) is 39.8 Å². The highest BCUT2D eigenvalue weighted by molar-refractivity contribution is 6.30. The Balaban J connectivity index is 1.67. The summed E-state index contributed by atoms with van der Waals surface area (Å²) in [5, 5.41) is 3.65. The maximum absolute atomic E-state index is 13.5. The number of esters is 1. The normalized spacial score (nSPS) is 13.3. The second-order valence-corrected chi connectivity index (χ2v) is 10.0. The van der Waals surface area contributed by atoms with Crippen LogP contribution >= 0.6 is 11.6 Å². The fourth-order valence-corrected chi connectivity index (χ4v) is 3.80. The molecule has 190 valence electrons. The Morgan fingerprint density at radius 2 is 1.75 bits per heavy atom. The van der Waals surface area contributed by atoms with E-state index in [2.05, 4.69) is 10.3 Å². The van der Waals surface area contributed by atoms with Crippen molar-refractivity contribution in [2.24, 2.45) is 11.3 Å². The summed E-state index contributed by atoms with van der Waals surface area (Å²) < 4.78 is 12.9. The average molecular weight is 513 g/mol. The van der Waals surface area contributed by atoms with Crippen LogP contribution in [0.25, 0.3) is 0 Å². The lowest BCUT2D eigenvalue weighted by Gasteiger charge is -2.23. The molecule has 1 aliphatic carbocycles. The molecule has 1 saturated carbocycles. The average Bonchev–Trinajstić information content (AvgIpc) is 3.69. The van der Waals surface area contributed by atoms with Gasteiger partial charge in [0.25, 0.3) is 0 Å². The van der Waals surface area contributed by atoms with Crippen LogP contribution in [0.1, 0.15) is 32.3 Å². The highest BCUT2D eigenvalue weighted by Gasteiger charge is 2.31. The van der Waals surface area contributed by atoms with Gasteiger partial charge < -0.3 is 14.8 Å². The zero-order valence-corrected chi connectivity index (χ0v) is 21.2. The number of anilines is 2. The fraction of sp³-hybridized carbons (Fsp3) is 0.385. The second-order valence-electron chi connectivity index (χ2n) is 9.58. The van der Waals surface area contributed by atoms with Gasteiger partial charge in [0.05, 0.1) is 25.7 Å². The number of carbonyl (C=O) groups is 1. The lowest BCUT2D eigenvalue weighted by atomic mass is 9.94. The molecule has 0 amide bonds. The molecule has 4 rings (SSSR count). The first-order valence-electron chi connectivity index (χ1n) is 11.7. The van der Waals surface area contributed by atoms with Gasteiger partial charge in [-0.05, 0) is 74.6 Å². The quantitative estimate of drug-likeness (QED) is 0.411. The van der Waals surface area contributed by atoms with E-state index in [9.17, 15) is 14.4 Å². The number of hydrogen-bond donors (Lipinski definition) is 1. The van der Waals surface area contributed by atoms with Gasteiger partial charge in [-0.15, -0.1) is 0 Å². The molecule has 0 radical (unpaired) electrons. The van der Waals surface area contributed by atoms with E-state index >= 15 is 0 Å². The number of nitrogens with one attached hydrogen (secondary N) is 1. The summed E-state index contributed by atoms with van der Waals surface area (Å²) in [5.74, 6) is 0.937. The maximum atomic E-state index is 13.5. The van der Waals surface area contributed by atoms with Crippen LogP contribution in [0.5, 0.6) is 5.75 Å². The smallest absolute Gasteiger partial charge is 0.354 e. The van der Waals surface area contributed by atoms with Crippen molar-refractivity contribution in [1.29, 1.82) is 0 Å². The van der Waals surface area contributed by atoms with E-state index in [0.29, 0.717) is 23.2 Å². The maximum Gasteiger partial charge on any atom is 0.354 e. The van der Waals surface area contributed by atoms with Gasteiger partial charge in [-0.1, -0.05) is 23.7 Å². The molecule has 2 aromatic carbocycles. The third kappa shape index (κ3) is 6.15. The van der Waals surface area contributed by atoms with Gasteiger partial charge >= 0.3 is 17.3 Å². The van der Waals surface area contributed by atoms with Crippen LogP contribution in [0, 0.1) is 11.3 Å². The molecule has 0 unspecified atom stereocenters. The van der Waals surface area contributed by atoms with Crippen molar-refractivity contribution < 1.29 is 14.3 Å². The standard InChI is InChI=1S/C26H29ClN4O5/c1-26(2,22(32)35-3)16-31-24(33)29-23(30(25(31)34)14-17-6-8-19(27)9-7-17)28-20-10-12-21(13-11-20)36-15-18-4-5-18/h6-13,18H,4-5,14-16H2,1-3H3,(H,28,29,33). The van der Waals surface area contributed by atoms with Crippen molar-refractivity contribution in [3.05, 3.63) is 80.1 Å². The van der Waals surface area contributed by atoms with Crippen molar-refractivity contribution in [3.8, 4) is 5.75 Å². The van der Waals surface area contributed by atoms with E-state index in [0.717, 1.165) is 15.9 Å². The molecule has 1 heterocycles. The third-order valence-electron chi connectivity index (χ3n) is 5.99. The van der Waals surface area contributed by atoms with E-state index in [1.807, 2.05) is 12.1 Å².